The maximum Gasteiger partial charge on any atom is 0.242 e. The van der Waals surface area contributed by atoms with Gasteiger partial charge in [0.25, 0.3) is 0 Å². The van der Waals surface area contributed by atoms with Crippen molar-refractivity contribution in [2.45, 2.75) is 0 Å². The molecule has 1 aliphatic rings. The third-order valence-corrected chi connectivity index (χ3v) is 4.35. The smallest absolute Gasteiger partial charge is 0.242 e. The average Bonchev–Trinajstić information content (AvgIpc) is 2.63. The van der Waals surface area contributed by atoms with Crippen LogP contribution in [0, 0.1) is 0 Å². The van der Waals surface area contributed by atoms with Gasteiger partial charge in [-0.25, -0.2) is 9.97 Å². The zero-order valence-corrected chi connectivity index (χ0v) is 13.9. The van der Waals surface area contributed by atoms with E-state index in [9.17, 15) is 4.79 Å². The van der Waals surface area contributed by atoms with E-state index in [1.165, 1.54) is 12.0 Å². The summed E-state index contributed by atoms with van der Waals surface area (Å²) in [7, 11) is 0. The van der Waals surface area contributed by atoms with Gasteiger partial charge >= 0.3 is 0 Å². The second-order valence-electron chi connectivity index (χ2n) is 5.48. The van der Waals surface area contributed by atoms with E-state index in [2.05, 4.69) is 32.3 Å². The Morgan fingerprint density at radius 1 is 1.17 bits per heavy atom. The van der Waals surface area contributed by atoms with Gasteiger partial charge in [-0.2, -0.15) is 0 Å². The molecule has 0 aliphatic carbocycles. The molecule has 8 heteroatoms. The van der Waals surface area contributed by atoms with Gasteiger partial charge in [-0.05, 0) is 12.1 Å². The molecule has 0 atom stereocenters. The second-order valence-corrected chi connectivity index (χ2v) is 5.86. The number of halogens is 1. The highest BCUT2D eigenvalue weighted by Gasteiger charge is 2.21. The summed E-state index contributed by atoms with van der Waals surface area (Å²) in [5, 5.41) is 3.16. The van der Waals surface area contributed by atoms with Crippen molar-refractivity contribution in [3.63, 3.8) is 0 Å². The molecular weight excluding hydrogens is 328 g/mol. The van der Waals surface area contributed by atoms with Gasteiger partial charge in [0.2, 0.25) is 5.91 Å². The highest BCUT2D eigenvalue weighted by Crippen LogP contribution is 2.23. The van der Waals surface area contributed by atoms with E-state index < -0.39 is 0 Å². The summed E-state index contributed by atoms with van der Waals surface area (Å²) in [5.41, 5.74) is 6.80. The summed E-state index contributed by atoms with van der Waals surface area (Å²) in [6, 6.07) is 10.2. The summed E-state index contributed by atoms with van der Waals surface area (Å²) < 4.78 is 0. The monoisotopic (exact) mass is 346 g/mol. The van der Waals surface area contributed by atoms with Crippen molar-refractivity contribution in [1.29, 1.82) is 0 Å². The first-order chi connectivity index (χ1) is 11.6. The molecule has 126 valence electrons. The van der Waals surface area contributed by atoms with Gasteiger partial charge in [0.15, 0.2) is 5.82 Å². The number of hydrogen-bond donors (Lipinski definition) is 2. The van der Waals surface area contributed by atoms with Crippen LogP contribution in [-0.4, -0.2) is 53.5 Å². The zero-order chi connectivity index (χ0) is 16.9. The lowest BCUT2D eigenvalue weighted by atomic mass is 10.2. The molecule has 3 rings (SSSR count). The number of carbonyl (C=O) groups excluding carboxylic acids is 1. The van der Waals surface area contributed by atoms with Gasteiger partial charge in [-0.15, -0.1) is 0 Å². The Hall–Kier alpha value is -2.54. The van der Waals surface area contributed by atoms with Crippen LogP contribution < -0.4 is 16.0 Å². The van der Waals surface area contributed by atoms with Crippen LogP contribution in [-0.2, 0) is 4.79 Å². The Kier molecular flexibility index (Phi) is 5.00. The Balaban J connectivity index is 1.51. The first-order valence-corrected chi connectivity index (χ1v) is 8.10. The number of hydrogen-bond acceptors (Lipinski definition) is 6. The summed E-state index contributed by atoms with van der Waals surface area (Å²) in [6.45, 7) is 3.14. The van der Waals surface area contributed by atoms with Gasteiger partial charge in [0.1, 0.15) is 17.2 Å². The maximum absolute atomic E-state index is 12.3. The van der Waals surface area contributed by atoms with Crippen LogP contribution in [0.5, 0.6) is 0 Å². The lowest BCUT2D eigenvalue weighted by molar-refractivity contribution is -0.129. The van der Waals surface area contributed by atoms with E-state index >= 15 is 0 Å². The summed E-state index contributed by atoms with van der Waals surface area (Å²) >= 11 is 6.01. The molecule has 0 spiro atoms. The molecule has 0 unspecified atom stereocenters. The number of nitrogens with one attached hydrogen (secondary N) is 1. The summed E-state index contributed by atoms with van der Waals surface area (Å²) in [4.78, 5) is 24.2. The van der Waals surface area contributed by atoms with Crippen molar-refractivity contribution in [1.82, 2.24) is 14.9 Å². The molecule has 1 aromatic heterocycles. The SMILES string of the molecule is Nc1ncnc(NCC(=O)N2CCN(c3ccccc3)CC2)c1Cl. The van der Waals surface area contributed by atoms with Crippen LogP contribution in [0.4, 0.5) is 17.3 Å². The van der Waals surface area contributed by atoms with E-state index in [-0.39, 0.29) is 23.3 Å². The predicted octanol–water partition coefficient (Wildman–Crippen LogP) is 1.47. The lowest BCUT2D eigenvalue weighted by Gasteiger charge is -2.36. The third kappa shape index (κ3) is 3.68. The first kappa shape index (κ1) is 16.3. The Morgan fingerprint density at radius 3 is 2.58 bits per heavy atom. The Morgan fingerprint density at radius 2 is 1.88 bits per heavy atom. The topological polar surface area (TPSA) is 87.4 Å². The first-order valence-electron chi connectivity index (χ1n) is 7.73. The minimum atomic E-state index is 0.0102. The van der Waals surface area contributed by atoms with E-state index in [1.54, 1.807) is 0 Å². The number of benzene rings is 1. The molecule has 0 bridgehead atoms. The van der Waals surface area contributed by atoms with Gasteiger partial charge in [-0.1, -0.05) is 29.8 Å². The number of para-hydroxylation sites is 1. The fourth-order valence-corrected chi connectivity index (χ4v) is 2.80. The van der Waals surface area contributed by atoms with Gasteiger partial charge in [0.05, 0.1) is 6.54 Å². The zero-order valence-electron chi connectivity index (χ0n) is 13.2. The minimum Gasteiger partial charge on any atom is -0.382 e. The second kappa shape index (κ2) is 7.35. The predicted molar refractivity (Wildman–Crippen MR) is 95.2 cm³/mol. The molecule has 0 saturated carbocycles. The number of amides is 1. The van der Waals surface area contributed by atoms with Crippen molar-refractivity contribution < 1.29 is 4.79 Å². The molecule has 24 heavy (non-hydrogen) atoms. The molecule has 1 saturated heterocycles. The molecule has 7 nitrogen and oxygen atoms in total. The van der Waals surface area contributed by atoms with E-state index in [1.807, 2.05) is 23.1 Å². The molecular formula is C16H19ClN6O. The van der Waals surface area contributed by atoms with E-state index in [0.717, 1.165) is 13.1 Å². The van der Waals surface area contributed by atoms with Crippen LogP contribution in [0.2, 0.25) is 5.02 Å². The third-order valence-electron chi connectivity index (χ3n) is 3.98. The van der Waals surface area contributed by atoms with Crippen LogP contribution in [0.15, 0.2) is 36.7 Å². The number of piperazine rings is 1. The number of carbonyl (C=O) groups is 1. The molecule has 1 fully saturated rings. The highest BCUT2D eigenvalue weighted by molar-refractivity contribution is 6.35. The van der Waals surface area contributed by atoms with Crippen LogP contribution >= 0.6 is 11.6 Å². The van der Waals surface area contributed by atoms with Crippen molar-refractivity contribution in [3.8, 4) is 0 Å². The molecule has 3 N–H and O–H groups in total. The van der Waals surface area contributed by atoms with Gasteiger partial charge in [-0.3, -0.25) is 4.79 Å². The Bertz CT molecular complexity index is 703. The number of anilines is 3. The Labute approximate surface area is 145 Å². The van der Waals surface area contributed by atoms with E-state index in [4.69, 9.17) is 17.3 Å². The van der Waals surface area contributed by atoms with Crippen molar-refractivity contribution >= 4 is 34.8 Å². The quantitative estimate of drug-likeness (QED) is 0.871. The minimum absolute atomic E-state index is 0.0102. The van der Waals surface area contributed by atoms with Crippen LogP contribution in [0.3, 0.4) is 0 Å². The summed E-state index contributed by atoms with van der Waals surface area (Å²) in [5.74, 6) is 0.578. The van der Waals surface area contributed by atoms with Gasteiger partial charge < -0.3 is 20.9 Å². The maximum atomic E-state index is 12.3. The molecule has 1 aliphatic heterocycles. The molecule has 2 aromatic rings. The number of nitrogens with two attached hydrogens (primary N) is 1. The largest absolute Gasteiger partial charge is 0.382 e. The number of nitrogen functional groups attached to an aromatic ring is 1. The van der Waals surface area contributed by atoms with Crippen molar-refractivity contribution in [3.05, 3.63) is 41.7 Å². The van der Waals surface area contributed by atoms with Gasteiger partial charge in [0, 0.05) is 31.9 Å². The van der Waals surface area contributed by atoms with E-state index in [0.29, 0.717) is 18.9 Å². The fourth-order valence-electron chi connectivity index (χ4n) is 2.63. The van der Waals surface area contributed by atoms with Crippen molar-refractivity contribution in [2.24, 2.45) is 0 Å². The number of aromatic nitrogens is 2. The standard InChI is InChI=1S/C16H19ClN6O/c17-14-15(18)20-11-21-16(14)19-10-13(24)23-8-6-22(7-9-23)12-4-2-1-3-5-12/h1-5,11H,6-10H2,(H3,18,19,20,21). The van der Waals surface area contributed by atoms with Crippen LogP contribution in [0.1, 0.15) is 0 Å². The lowest BCUT2D eigenvalue weighted by Crippen LogP contribution is -2.50. The number of rotatable bonds is 4. The molecule has 1 amide bonds. The highest BCUT2D eigenvalue weighted by atomic mass is 35.5. The molecule has 2 heterocycles. The molecule has 0 radical (unpaired) electrons. The fraction of sp³-hybridized carbons (Fsp3) is 0.312. The summed E-state index contributed by atoms with van der Waals surface area (Å²) in [6.07, 6.45) is 1.31. The normalized spacial score (nSPS) is 14.5. The average molecular weight is 347 g/mol. The number of nitrogens with zero attached hydrogens (tertiary/aromatic N) is 4. The van der Waals surface area contributed by atoms with Crippen LogP contribution in [0.25, 0.3) is 0 Å². The van der Waals surface area contributed by atoms with Crippen molar-refractivity contribution in [2.75, 3.05) is 48.7 Å². The molecule has 1 aromatic carbocycles.